The lowest BCUT2D eigenvalue weighted by Crippen LogP contribution is -2.52. The van der Waals surface area contributed by atoms with Crippen LogP contribution in [-0.4, -0.2) is 51.7 Å². The van der Waals surface area contributed by atoms with Gasteiger partial charge in [0.1, 0.15) is 4.53 Å². The van der Waals surface area contributed by atoms with E-state index in [0.29, 0.717) is 4.80 Å². The van der Waals surface area contributed by atoms with Crippen LogP contribution in [0.3, 0.4) is 0 Å². The summed E-state index contributed by atoms with van der Waals surface area (Å²) in [5.41, 5.74) is 2.36. The van der Waals surface area contributed by atoms with Gasteiger partial charge in [0.25, 0.3) is 5.56 Å². The predicted molar refractivity (Wildman–Crippen MR) is 68.3 cm³/mol. The van der Waals surface area contributed by atoms with Crippen LogP contribution in [0.1, 0.15) is 6.17 Å². The molecule has 0 radical (unpaired) electrons. The number of amides is 2. The first kappa shape index (κ1) is 12.7. The summed E-state index contributed by atoms with van der Waals surface area (Å²) in [4.78, 5) is 38.1. The molecule has 9 nitrogen and oxygen atoms in total. The number of carbonyl (C=O) groups is 2. The van der Waals surface area contributed by atoms with E-state index in [0.717, 1.165) is 17.4 Å². The van der Waals surface area contributed by atoms with Crippen molar-refractivity contribution >= 4 is 29.4 Å². The number of thiazole rings is 1. The predicted octanol–water partition coefficient (Wildman–Crippen LogP) is -2.27. The molecule has 1 saturated heterocycles. The van der Waals surface area contributed by atoms with Crippen molar-refractivity contribution in [3.8, 4) is 0 Å². The van der Waals surface area contributed by atoms with E-state index in [1.54, 1.807) is 14.1 Å². The third-order valence-electron chi connectivity index (χ3n) is 3.35. The Bertz CT molecular complexity index is 781. The molecular weight excluding hydrogens is 286 g/mol. The lowest BCUT2D eigenvalue weighted by molar-refractivity contribution is -0.129. The lowest BCUT2D eigenvalue weighted by Gasteiger charge is -2.27. The molecule has 0 bridgehead atoms. The van der Waals surface area contributed by atoms with Gasteiger partial charge in [-0.15, -0.1) is 5.10 Å². The van der Waals surface area contributed by atoms with Gasteiger partial charge in [0.2, 0.25) is 4.80 Å². The Kier molecular flexibility index (Phi) is 2.57. The molecule has 0 aromatic carbocycles. The molecule has 0 saturated carbocycles. The van der Waals surface area contributed by atoms with Crippen LogP contribution in [0.25, 0.3) is 6.08 Å². The molecule has 2 amide bonds. The second kappa shape index (κ2) is 4.07. The molecule has 1 aromatic heterocycles. The van der Waals surface area contributed by atoms with Crippen molar-refractivity contribution in [2.75, 3.05) is 14.1 Å². The highest BCUT2D eigenvalue weighted by atomic mass is 32.1. The minimum absolute atomic E-state index is 0.0779. The zero-order valence-corrected chi connectivity index (χ0v) is 11.4. The van der Waals surface area contributed by atoms with E-state index >= 15 is 0 Å². The molecule has 2 aliphatic rings. The van der Waals surface area contributed by atoms with Crippen LogP contribution in [0, 0.1) is 0 Å². The first-order valence-corrected chi connectivity index (χ1v) is 6.52. The topological polar surface area (TPSA) is 107 Å². The van der Waals surface area contributed by atoms with E-state index in [9.17, 15) is 14.4 Å². The molecule has 2 atom stereocenters. The molecule has 0 spiro atoms. The van der Waals surface area contributed by atoms with E-state index < -0.39 is 23.9 Å². The molecule has 2 N–H and O–H groups in total. The van der Waals surface area contributed by atoms with Crippen molar-refractivity contribution < 1.29 is 14.7 Å². The molecule has 106 valence electrons. The minimum atomic E-state index is -1.20. The first-order chi connectivity index (χ1) is 9.41. The fourth-order valence-corrected chi connectivity index (χ4v) is 3.32. The van der Waals surface area contributed by atoms with E-state index in [-0.39, 0.29) is 10.6 Å². The summed E-state index contributed by atoms with van der Waals surface area (Å²) in [5, 5.41) is 12.8. The molecule has 0 aliphatic carbocycles. The number of fused-ring (bicyclic) bond motifs is 3. The van der Waals surface area contributed by atoms with Crippen LogP contribution < -0.4 is 20.3 Å². The number of carbonyl (C=O) groups excluding carboxylic acids is 1. The Balaban J connectivity index is 2.24. The third kappa shape index (κ3) is 1.54. The monoisotopic (exact) mass is 297 g/mol. The van der Waals surface area contributed by atoms with Gasteiger partial charge in [0.05, 0.1) is 0 Å². The molecule has 1 aromatic rings. The highest BCUT2D eigenvalue weighted by Crippen LogP contribution is 2.26. The summed E-state index contributed by atoms with van der Waals surface area (Å²) in [6.07, 6.45) is -0.145. The largest absolute Gasteiger partial charge is 0.478 e. The number of hydrogen-bond acceptors (Lipinski definition) is 6. The van der Waals surface area contributed by atoms with Gasteiger partial charge in [-0.05, 0) is 0 Å². The van der Waals surface area contributed by atoms with E-state index in [4.69, 9.17) is 5.11 Å². The maximum atomic E-state index is 12.3. The Morgan fingerprint density at radius 1 is 1.40 bits per heavy atom. The van der Waals surface area contributed by atoms with Crippen molar-refractivity contribution in [2.24, 2.45) is 5.10 Å². The Morgan fingerprint density at radius 3 is 2.75 bits per heavy atom. The maximum Gasteiger partial charge on any atom is 0.329 e. The summed E-state index contributed by atoms with van der Waals surface area (Å²) in [6, 6.07) is -0.239. The summed E-state index contributed by atoms with van der Waals surface area (Å²) in [5.74, 6) is -1.20. The highest BCUT2D eigenvalue weighted by Gasteiger charge is 2.46. The standard InChI is InChI=1S/C10H11N5O4S/c1-13-6-7(14(2)10(13)19)15-8(18)4(3-5(16)17)20-9(15)12-11-6/h3,6-7,11H,1-2H3,(H,16,17)/b4-3-. The number of likely N-dealkylation sites (N-methyl/N-ethyl adjacent to an activating group) is 2. The van der Waals surface area contributed by atoms with Gasteiger partial charge in [0, 0.05) is 20.2 Å². The number of carboxylic acids is 1. The van der Waals surface area contributed by atoms with Crippen molar-refractivity contribution in [1.82, 2.24) is 19.8 Å². The number of carboxylic acid groups (broad SMARTS) is 1. The molecule has 20 heavy (non-hydrogen) atoms. The molecular formula is C10H11N5O4S. The van der Waals surface area contributed by atoms with Gasteiger partial charge in [-0.1, -0.05) is 11.3 Å². The second-order valence-corrected chi connectivity index (χ2v) is 5.52. The Labute approximate surface area is 116 Å². The minimum Gasteiger partial charge on any atom is -0.478 e. The number of hydrogen-bond donors (Lipinski definition) is 2. The molecule has 3 rings (SSSR count). The molecule has 3 heterocycles. The molecule has 2 unspecified atom stereocenters. The Hall–Kier alpha value is -2.36. The van der Waals surface area contributed by atoms with Gasteiger partial charge < -0.3 is 14.9 Å². The SMILES string of the molecule is CN1C(=O)N(C)C2C1NN=c1s/c(=C\C(=O)O)c(=O)n12. The van der Waals surface area contributed by atoms with E-state index in [2.05, 4.69) is 10.5 Å². The van der Waals surface area contributed by atoms with Gasteiger partial charge >= 0.3 is 12.0 Å². The number of urea groups is 1. The second-order valence-electron chi connectivity index (χ2n) is 4.51. The zero-order chi connectivity index (χ0) is 14.6. The van der Waals surface area contributed by atoms with E-state index in [1.807, 2.05) is 0 Å². The molecule has 2 aliphatic heterocycles. The quantitative estimate of drug-likeness (QED) is 0.608. The van der Waals surface area contributed by atoms with Crippen LogP contribution in [0.15, 0.2) is 9.90 Å². The van der Waals surface area contributed by atoms with Crippen LogP contribution in [0.5, 0.6) is 0 Å². The van der Waals surface area contributed by atoms with Crippen molar-refractivity contribution in [2.45, 2.75) is 12.3 Å². The Morgan fingerprint density at radius 2 is 2.10 bits per heavy atom. The number of rotatable bonds is 1. The van der Waals surface area contributed by atoms with Crippen molar-refractivity contribution in [3.05, 3.63) is 19.7 Å². The van der Waals surface area contributed by atoms with Crippen LogP contribution in [-0.2, 0) is 4.79 Å². The number of aliphatic carboxylic acids is 1. The maximum absolute atomic E-state index is 12.3. The van der Waals surface area contributed by atoms with Crippen LogP contribution in [0.4, 0.5) is 4.79 Å². The number of aromatic nitrogens is 1. The first-order valence-electron chi connectivity index (χ1n) is 5.70. The van der Waals surface area contributed by atoms with Crippen molar-refractivity contribution in [1.29, 1.82) is 0 Å². The smallest absolute Gasteiger partial charge is 0.329 e. The summed E-state index contributed by atoms with van der Waals surface area (Å²) in [6.45, 7) is 0. The summed E-state index contributed by atoms with van der Waals surface area (Å²) >= 11 is 0.972. The summed E-state index contributed by atoms with van der Waals surface area (Å²) < 4.78 is 1.43. The average molecular weight is 297 g/mol. The zero-order valence-electron chi connectivity index (χ0n) is 10.6. The number of nitrogens with one attached hydrogen (secondary N) is 1. The van der Waals surface area contributed by atoms with Gasteiger partial charge in [0.15, 0.2) is 12.3 Å². The van der Waals surface area contributed by atoms with Crippen molar-refractivity contribution in [3.63, 3.8) is 0 Å². The average Bonchev–Trinajstić information content (AvgIpc) is 2.81. The van der Waals surface area contributed by atoms with Crippen LogP contribution >= 0.6 is 11.3 Å². The third-order valence-corrected chi connectivity index (χ3v) is 4.33. The fourth-order valence-electron chi connectivity index (χ4n) is 2.39. The van der Waals surface area contributed by atoms with Gasteiger partial charge in [-0.3, -0.25) is 14.8 Å². The van der Waals surface area contributed by atoms with E-state index in [1.165, 1.54) is 14.4 Å². The number of nitrogens with zero attached hydrogens (tertiary/aromatic N) is 4. The van der Waals surface area contributed by atoms with Gasteiger partial charge in [-0.2, -0.15) is 0 Å². The molecule has 1 fully saturated rings. The van der Waals surface area contributed by atoms with Crippen LogP contribution in [0.2, 0.25) is 0 Å². The molecule has 10 heteroatoms. The highest BCUT2D eigenvalue weighted by molar-refractivity contribution is 7.07. The normalized spacial score (nSPS) is 25.1. The van der Waals surface area contributed by atoms with Gasteiger partial charge in [-0.25, -0.2) is 9.59 Å². The summed E-state index contributed by atoms with van der Waals surface area (Å²) in [7, 11) is 3.20. The lowest BCUT2D eigenvalue weighted by atomic mass is 10.3. The fraction of sp³-hybridized carbons (Fsp3) is 0.400.